The maximum Gasteiger partial charge on any atom is 0.166 e. The molecular formula is C24H29NO4. The van der Waals surface area contributed by atoms with Gasteiger partial charge in [-0.05, 0) is 63.5 Å². The molecule has 0 amide bonds. The van der Waals surface area contributed by atoms with Crippen LogP contribution in [0.2, 0.25) is 0 Å². The molecule has 2 aromatic rings. The van der Waals surface area contributed by atoms with Gasteiger partial charge in [0.25, 0.3) is 0 Å². The molecule has 1 N–H and O–H groups in total. The number of hydrogen-bond acceptors (Lipinski definition) is 5. The van der Waals surface area contributed by atoms with Crippen molar-refractivity contribution in [3.05, 3.63) is 59.7 Å². The molecule has 29 heavy (non-hydrogen) atoms. The minimum Gasteiger partial charge on any atom is -0.507 e. The average Bonchev–Trinajstić information content (AvgIpc) is 2.77. The van der Waals surface area contributed by atoms with E-state index in [9.17, 15) is 14.7 Å². The number of hydrogen-bond donors (Lipinski definition) is 1. The summed E-state index contributed by atoms with van der Waals surface area (Å²) in [6, 6.07) is 14.3. The second-order valence-corrected chi connectivity index (χ2v) is 7.61. The molecule has 154 valence electrons. The van der Waals surface area contributed by atoms with Crippen molar-refractivity contribution >= 4 is 11.6 Å². The number of unbranched alkanes of at least 4 members (excludes halogenated alkanes) is 1. The quantitative estimate of drug-likeness (QED) is 0.505. The van der Waals surface area contributed by atoms with Gasteiger partial charge < -0.3 is 14.7 Å². The van der Waals surface area contributed by atoms with Crippen LogP contribution in [0.3, 0.4) is 0 Å². The fourth-order valence-electron chi connectivity index (χ4n) is 3.88. The van der Waals surface area contributed by atoms with Crippen LogP contribution < -0.4 is 4.74 Å². The SMILES string of the molecule is COc1ccc(O)c(C(=O)CCCCN2CCC(C(=O)c3ccccc3)CC2)c1. The first-order valence-electron chi connectivity index (χ1n) is 10.3. The summed E-state index contributed by atoms with van der Waals surface area (Å²) >= 11 is 0. The lowest BCUT2D eigenvalue weighted by atomic mass is 9.89. The van der Waals surface area contributed by atoms with Crippen LogP contribution in [-0.2, 0) is 0 Å². The Kier molecular flexibility index (Phi) is 7.42. The minimum atomic E-state index is -0.0615. The molecule has 1 aliphatic rings. The number of likely N-dealkylation sites (tertiary alicyclic amines) is 1. The highest BCUT2D eigenvalue weighted by Gasteiger charge is 2.25. The Labute approximate surface area is 172 Å². The van der Waals surface area contributed by atoms with Crippen LogP contribution in [0.15, 0.2) is 48.5 Å². The molecule has 0 bridgehead atoms. The van der Waals surface area contributed by atoms with Gasteiger partial charge in [-0.2, -0.15) is 0 Å². The Hall–Kier alpha value is -2.66. The van der Waals surface area contributed by atoms with Crippen LogP contribution >= 0.6 is 0 Å². The van der Waals surface area contributed by atoms with E-state index in [1.54, 1.807) is 12.1 Å². The van der Waals surface area contributed by atoms with E-state index in [4.69, 9.17) is 4.74 Å². The van der Waals surface area contributed by atoms with Gasteiger partial charge in [0.15, 0.2) is 11.6 Å². The van der Waals surface area contributed by atoms with Gasteiger partial charge >= 0.3 is 0 Å². The van der Waals surface area contributed by atoms with Crippen LogP contribution in [0, 0.1) is 5.92 Å². The van der Waals surface area contributed by atoms with E-state index >= 15 is 0 Å². The first-order valence-corrected chi connectivity index (χ1v) is 10.3. The zero-order chi connectivity index (χ0) is 20.6. The molecule has 0 atom stereocenters. The Morgan fingerprint density at radius 1 is 1.07 bits per heavy atom. The zero-order valence-electron chi connectivity index (χ0n) is 17.0. The van der Waals surface area contributed by atoms with Crippen molar-refractivity contribution in [3.8, 4) is 11.5 Å². The monoisotopic (exact) mass is 395 g/mol. The number of aromatic hydroxyl groups is 1. The molecule has 0 aromatic heterocycles. The van der Waals surface area contributed by atoms with Crippen LogP contribution in [0.5, 0.6) is 11.5 Å². The Morgan fingerprint density at radius 2 is 1.79 bits per heavy atom. The predicted octanol–water partition coefficient (Wildman–Crippen LogP) is 4.35. The van der Waals surface area contributed by atoms with Crippen LogP contribution in [0.1, 0.15) is 52.8 Å². The first kappa shape index (κ1) is 21.1. The van der Waals surface area contributed by atoms with Crippen LogP contribution in [0.25, 0.3) is 0 Å². The van der Waals surface area contributed by atoms with Crippen molar-refractivity contribution in [1.29, 1.82) is 0 Å². The molecule has 3 rings (SSSR count). The second kappa shape index (κ2) is 10.2. The number of carbonyl (C=O) groups is 2. The van der Waals surface area contributed by atoms with Crippen molar-refractivity contribution in [2.75, 3.05) is 26.7 Å². The first-order chi connectivity index (χ1) is 14.1. The van der Waals surface area contributed by atoms with Gasteiger partial charge in [-0.25, -0.2) is 0 Å². The van der Waals surface area contributed by atoms with Gasteiger partial charge in [0.05, 0.1) is 12.7 Å². The molecule has 0 aliphatic carbocycles. The van der Waals surface area contributed by atoms with Gasteiger partial charge in [-0.15, -0.1) is 0 Å². The van der Waals surface area contributed by atoms with Crippen molar-refractivity contribution in [2.45, 2.75) is 32.1 Å². The molecule has 1 aliphatic heterocycles. The molecule has 1 fully saturated rings. The Balaban J connectivity index is 1.38. The van der Waals surface area contributed by atoms with Crippen molar-refractivity contribution in [1.82, 2.24) is 4.90 Å². The summed E-state index contributed by atoms with van der Waals surface area (Å²) in [6.07, 6.45) is 3.89. The fraction of sp³-hybridized carbons (Fsp3) is 0.417. The summed E-state index contributed by atoms with van der Waals surface area (Å²) in [7, 11) is 1.54. The number of rotatable bonds is 9. The number of phenolic OH excluding ortho intramolecular Hbond substituents is 1. The van der Waals surface area contributed by atoms with Crippen molar-refractivity contribution < 1.29 is 19.4 Å². The molecule has 5 heteroatoms. The smallest absolute Gasteiger partial charge is 0.166 e. The third-order valence-electron chi connectivity index (χ3n) is 5.65. The number of ether oxygens (including phenoxy) is 1. The summed E-state index contributed by atoms with van der Waals surface area (Å²) in [5.41, 5.74) is 1.13. The molecule has 0 saturated carbocycles. The topological polar surface area (TPSA) is 66.8 Å². The van der Waals surface area contributed by atoms with Crippen LogP contribution in [-0.4, -0.2) is 48.3 Å². The molecule has 0 unspecified atom stereocenters. The molecule has 1 heterocycles. The van der Waals surface area contributed by atoms with E-state index in [1.807, 2.05) is 30.3 Å². The maximum absolute atomic E-state index is 12.6. The largest absolute Gasteiger partial charge is 0.507 e. The predicted molar refractivity (Wildman–Crippen MR) is 113 cm³/mol. The summed E-state index contributed by atoms with van der Waals surface area (Å²) in [4.78, 5) is 27.3. The number of phenols is 1. The number of Topliss-reactive ketones (excluding diaryl/α,β-unsaturated/α-hetero) is 2. The van der Waals surface area contributed by atoms with E-state index in [2.05, 4.69) is 4.90 Å². The summed E-state index contributed by atoms with van der Waals surface area (Å²) < 4.78 is 5.12. The molecular weight excluding hydrogens is 366 g/mol. The normalized spacial score (nSPS) is 15.2. The molecule has 2 aromatic carbocycles. The third kappa shape index (κ3) is 5.67. The van der Waals surface area contributed by atoms with E-state index < -0.39 is 0 Å². The maximum atomic E-state index is 12.6. The van der Waals surface area contributed by atoms with E-state index in [0.717, 1.165) is 50.9 Å². The highest BCUT2D eigenvalue weighted by atomic mass is 16.5. The highest BCUT2D eigenvalue weighted by Crippen LogP contribution is 2.25. The lowest BCUT2D eigenvalue weighted by Crippen LogP contribution is -2.36. The van der Waals surface area contributed by atoms with Crippen molar-refractivity contribution in [2.24, 2.45) is 5.92 Å². The number of ketones is 2. The van der Waals surface area contributed by atoms with E-state index in [1.165, 1.54) is 13.2 Å². The van der Waals surface area contributed by atoms with Gasteiger partial charge in [-0.3, -0.25) is 9.59 Å². The highest BCUT2D eigenvalue weighted by molar-refractivity contribution is 5.99. The van der Waals surface area contributed by atoms with Gasteiger partial charge in [0.2, 0.25) is 0 Å². The Morgan fingerprint density at radius 3 is 2.48 bits per heavy atom. The summed E-state index contributed by atoms with van der Waals surface area (Å²) in [5, 5.41) is 9.90. The average molecular weight is 395 g/mol. The van der Waals surface area contributed by atoms with E-state index in [-0.39, 0.29) is 23.2 Å². The molecule has 0 radical (unpaired) electrons. The van der Waals surface area contributed by atoms with E-state index in [0.29, 0.717) is 17.7 Å². The molecule has 5 nitrogen and oxygen atoms in total. The standard InChI is InChI=1S/C24H29NO4/c1-29-20-10-11-23(27)21(17-20)22(26)9-5-6-14-25-15-12-19(13-16-25)24(28)18-7-3-2-4-8-18/h2-4,7-8,10-11,17,19,27H,5-6,9,12-16H2,1H3. The number of nitrogens with zero attached hydrogens (tertiary/aromatic N) is 1. The second-order valence-electron chi connectivity index (χ2n) is 7.61. The van der Waals surface area contributed by atoms with Gasteiger partial charge in [0.1, 0.15) is 11.5 Å². The Bertz CT molecular complexity index is 826. The summed E-state index contributed by atoms with van der Waals surface area (Å²) in [5.74, 6) is 0.883. The lowest BCUT2D eigenvalue weighted by Gasteiger charge is -2.31. The fourth-order valence-corrected chi connectivity index (χ4v) is 3.88. The summed E-state index contributed by atoms with van der Waals surface area (Å²) in [6.45, 7) is 2.78. The van der Waals surface area contributed by atoms with Crippen LogP contribution in [0.4, 0.5) is 0 Å². The van der Waals surface area contributed by atoms with Gasteiger partial charge in [0, 0.05) is 17.9 Å². The number of benzene rings is 2. The molecule has 1 saturated heterocycles. The number of carbonyl (C=O) groups excluding carboxylic acids is 2. The number of piperidine rings is 1. The van der Waals surface area contributed by atoms with Crippen molar-refractivity contribution in [3.63, 3.8) is 0 Å². The molecule has 0 spiro atoms. The number of methoxy groups -OCH3 is 1. The zero-order valence-corrected chi connectivity index (χ0v) is 17.0. The third-order valence-corrected chi connectivity index (χ3v) is 5.65. The minimum absolute atomic E-state index is 0.000885. The van der Waals surface area contributed by atoms with Gasteiger partial charge in [-0.1, -0.05) is 30.3 Å². The lowest BCUT2D eigenvalue weighted by molar-refractivity contribution is 0.0836.